The zero-order valence-electron chi connectivity index (χ0n) is 22.0. The molecule has 11 atom stereocenters. The van der Waals surface area contributed by atoms with Crippen molar-refractivity contribution in [3.63, 3.8) is 0 Å². The largest absolute Gasteiger partial charge is 0.380 e. The predicted molar refractivity (Wildman–Crippen MR) is 143 cm³/mol. The van der Waals surface area contributed by atoms with Crippen molar-refractivity contribution in [2.45, 2.75) is 79.5 Å². The number of alkyl halides is 3. The summed E-state index contributed by atoms with van der Waals surface area (Å²) in [6.07, 6.45) is -0.131. The van der Waals surface area contributed by atoms with E-state index in [-0.39, 0.29) is 64.4 Å². The Hall–Kier alpha value is -0.760. The lowest BCUT2D eigenvalue weighted by atomic mass is 9.70. The molecule has 5 aliphatic rings. The van der Waals surface area contributed by atoms with Gasteiger partial charge in [0, 0.05) is 56.5 Å². The number of nitrogens with one attached hydrogen (secondary N) is 5. The maximum absolute atomic E-state index is 13.5. The first-order valence-electron chi connectivity index (χ1n) is 13.9. The number of fused-ring (bicyclic) bond motifs is 1. The molecule has 2 amide bonds. The van der Waals surface area contributed by atoms with Crippen molar-refractivity contribution in [3.8, 4) is 0 Å². The lowest BCUT2D eigenvalue weighted by Crippen LogP contribution is -2.57. The van der Waals surface area contributed by atoms with Crippen LogP contribution in [0.15, 0.2) is 0 Å². The highest BCUT2D eigenvalue weighted by atomic mass is 35.5. The summed E-state index contributed by atoms with van der Waals surface area (Å²) in [5.41, 5.74) is -0.347. The van der Waals surface area contributed by atoms with Crippen LogP contribution >= 0.6 is 23.4 Å². The first-order valence-corrected chi connectivity index (χ1v) is 15.3. The molecule has 11 unspecified atom stereocenters. The number of amides is 2. The second-order valence-corrected chi connectivity index (χ2v) is 13.4. The highest BCUT2D eigenvalue weighted by Crippen LogP contribution is 2.38. The molecule has 0 aromatic carbocycles. The van der Waals surface area contributed by atoms with Crippen molar-refractivity contribution in [2.24, 2.45) is 23.7 Å². The van der Waals surface area contributed by atoms with Crippen LogP contribution in [-0.2, 0) is 14.3 Å². The minimum atomic E-state index is -2.39. The number of rotatable bonds is 6. The molecule has 0 aliphatic carbocycles. The van der Waals surface area contributed by atoms with Gasteiger partial charge in [0.25, 0.3) is 0 Å². The summed E-state index contributed by atoms with van der Waals surface area (Å²) in [5.74, 6) is -0.609. The summed E-state index contributed by atoms with van der Waals surface area (Å²) >= 11 is 8.09. The first-order chi connectivity index (χ1) is 18.2. The molecular weight excluding hydrogens is 538 g/mol. The van der Waals surface area contributed by atoms with Crippen LogP contribution < -0.4 is 26.6 Å². The summed E-state index contributed by atoms with van der Waals surface area (Å²) in [7, 11) is 1.72. The van der Waals surface area contributed by atoms with Gasteiger partial charge >= 0.3 is 0 Å². The molecule has 5 rings (SSSR count). The van der Waals surface area contributed by atoms with Crippen molar-refractivity contribution in [3.05, 3.63) is 0 Å². The molecule has 0 radical (unpaired) electrons. The van der Waals surface area contributed by atoms with Gasteiger partial charge in [-0.3, -0.25) is 20.2 Å². The first kappa shape index (κ1) is 28.8. The Labute approximate surface area is 232 Å². The number of nitrogens with zero attached hydrogens (tertiary/aromatic N) is 1. The topological polar surface area (TPSA) is 107 Å². The average molecular weight is 579 g/mol. The van der Waals surface area contributed by atoms with Gasteiger partial charge in [-0.15, -0.1) is 23.4 Å². The van der Waals surface area contributed by atoms with Crippen molar-refractivity contribution >= 4 is 35.2 Å². The quantitative estimate of drug-likeness (QED) is 0.232. The third-order valence-corrected chi connectivity index (χ3v) is 10.8. The Bertz CT molecular complexity index is 850. The maximum Gasteiger partial charge on any atom is 0.241 e. The molecule has 0 aromatic rings. The van der Waals surface area contributed by atoms with Crippen LogP contribution in [-0.4, -0.2) is 103 Å². The smallest absolute Gasteiger partial charge is 0.241 e. The number of thioether (sulfide) groups is 1. The summed E-state index contributed by atoms with van der Waals surface area (Å²) in [6, 6.07) is -0.163. The van der Waals surface area contributed by atoms with Crippen molar-refractivity contribution in [1.29, 1.82) is 0 Å². The zero-order chi connectivity index (χ0) is 27.0. The molecule has 38 heavy (non-hydrogen) atoms. The molecule has 9 nitrogen and oxygen atoms in total. The van der Waals surface area contributed by atoms with Crippen LogP contribution in [0.3, 0.4) is 0 Å². The number of halogens is 3. The number of hydrogen-bond donors (Lipinski definition) is 5. The van der Waals surface area contributed by atoms with Crippen molar-refractivity contribution in [2.75, 3.05) is 39.8 Å². The van der Waals surface area contributed by atoms with Gasteiger partial charge in [-0.1, -0.05) is 0 Å². The number of carbonyl (C=O) groups excluding carboxylic acids is 2. The normalized spacial score (nSPS) is 43.7. The second kappa shape index (κ2) is 12.4. The van der Waals surface area contributed by atoms with Crippen LogP contribution in [0.25, 0.3) is 0 Å². The van der Waals surface area contributed by atoms with Gasteiger partial charge in [0.05, 0.1) is 23.6 Å². The van der Waals surface area contributed by atoms with Crippen molar-refractivity contribution < 1.29 is 23.1 Å². The molecule has 0 spiro atoms. The molecule has 0 saturated carbocycles. The van der Waals surface area contributed by atoms with E-state index in [4.69, 9.17) is 16.3 Å². The van der Waals surface area contributed by atoms with Gasteiger partial charge in [-0.25, -0.2) is 8.78 Å². The Kier molecular flexibility index (Phi) is 9.39. The lowest BCUT2D eigenvalue weighted by Gasteiger charge is -2.45. The monoisotopic (exact) mass is 578 g/mol. The Balaban J connectivity index is 1.15. The maximum atomic E-state index is 13.5. The second-order valence-electron chi connectivity index (χ2n) is 11.6. The van der Waals surface area contributed by atoms with E-state index in [2.05, 4.69) is 33.5 Å². The third-order valence-electron chi connectivity index (χ3n) is 9.14. The van der Waals surface area contributed by atoms with Crippen molar-refractivity contribution in [1.82, 2.24) is 31.5 Å². The van der Waals surface area contributed by atoms with Gasteiger partial charge < -0.3 is 25.6 Å². The number of carbonyl (C=O) groups is 2. The van der Waals surface area contributed by atoms with Crippen LogP contribution in [0.1, 0.15) is 32.6 Å². The molecular formula is C25H41ClF2N6O3S. The molecule has 5 fully saturated rings. The fraction of sp³-hybridized carbons (Fsp3) is 0.920. The molecule has 13 heteroatoms. The highest BCUT2D eigenvalue weighted by molar-refractivity contribution is 8.00. The van der Waals surface area contributed by atoms with E-state index in [1.165, 1.54) is 0 Å². The number of hydrogen-bond acceptors (Lipinski definition) is 8. The molecule has 5 heterocycles. The van der Waals surface area contributed by atoms with Gasteiger partial charge in [0.2, 0.25) is 18.2 Å². The fourth-order valence-electron chi connectivity index (χ4n) is 7.03. The molecule has 5 saturated heterocycles. The molecule has 0 bridgehead atoms. The fourth-order valence-corrected chi connectivity index (χ4v) is 8.73. The summed E-state index contributed by atoms with van der Waals surface area (Å²) in [6.45, 7) is 4.97. The standard InChI is InChI=1S/C25H41ClF2N6O3S/c1-12-5-14(15-7-21(26)31-9-19(15)37-2)16(8-30-12)23(35)33-25-32-18-10-34(11-20(18)38-25)24(36)17-6-13(22(27)28)3-4-29-17/h12-22,25,29-32H,3-11H2,1-2H3,(H,33,35). The Morgan fingerprint density at radius 2 is 1.92 bits per heavy atom. The van der Waals surface area contributed by atoms with Crippen LogP contribution in [0.2, 0.25) is 0 Å². The molecule has 216 valence electrons. The van der Waals surface area contributed by atoms with E-state index < -0.39 is 18.4 Å². The number of ether oxygens (including phenoxy) is 1. The lowest BCUT2D eigenvalue weighted by molar-refractivity contribution is -0.134. The zero-order valence-corrected chi connectivity index (χ0v) is 23.6. The van der Waals surface area contributed by atoms with Gasteiger partial charge in [-0.2, -0.15) is 0 Å². The highest BCUT2D eigenvalue weighted by Gasteiger charge is 2.47. The van der Waals surface area contributed by atoms with Gasteiger partial charge in [0.1, 0.15) is 5.50 Å². The van der Waals surface area contributed by atoms with E-state index in [9.17, 15) is 18.4 Å². The van der Waals surface area contributed by atoms with Gasteiger partial charge in [-0.05, 0) is 51.0 Å². The van der Waals surface area contributed by atoms with Crippen LogP contribution in [0.5, 0.6) is 0 Å². The van der Waals surface area contributed by atoms with Crippen LogP contribution in [0.4, 0.5) is 8.78 Å². The summed E-state index contributed by atoms with van der Waals surface area (Å²) in [5, 5.41) is 16.7. The molecule has 0 aromatic heterocycles. The molecule has 5 aliphatic heterocycles. The predicted octanol–water partition coefficient (Wildman–Crippen LogP) is 0.739. The van der Waals surface area contributed by atoms with E-state index >= 15 is 0 Å². The summed E-state index contributed by atoms with van der Waals surface area (Å²) in [4.78, 5) is 28.4. The number of piperidine rings is 3. The van der Waals surface area contributed by atoms with Crippen LogP contribution in [0, 0.1) is 23.7 Å². The number of likely N-dealkylation sites (tertiary alicyclic amines) is 1. The number of methoxy groups -OCH3 is 1. The summed E-state index contributed by atoms with van der Waals surface area (Å²) < 4.78 is 32.2. The van der Waals surface area contributed by atoms with E-state index in [1.807, 2.05) is 0 Å². The minimum absolute atomic E-state index is 0.0204. The van der Waals surface area contributed by atoms with E-state index in [1.54, 1.807) is 23.8 Å². The van der Waals surface area contributed by atoms with E-state index in [0.717, 1.165) is 12.8 Å². The Morgan fingerprint density at radius 3 is 2.66 bits per heavy atom. The minimum Gasteiger partial charge on any atom is -0.380 e. The third kappa shape index (κ3) is 6.26. The van der Waals surface area contributed by atoms with E-state index in [0.29, 0.717) is 45.2 Å². The van der Waals surface area contributed by atoms with Gasteiger partial charge in [0.15, 0.2) is 0 Å². The Morgan fingerprint density at radius 1 is 1.11 bits per heavy atom. The molecule has 5 N–H and O–H groups in total. The average Bonchev–Trinajstić information content (AvgIpc) is 3.47. The SMILES string of the molecule is COC1CNC(Cl)CC1C1CC(C)NCC1C(=O)NC1NC2CN(C(=O)C3CC(C(F)F)CCN3)CC2S1.